The zero-order chi connectivity index (χ0) is 5.28. The third kappa shape index (κ3) is 1.09. The molecule has 0 unspecified atom stereocenters. The van der Waals surface area contributed by atoms with E-state index in [1.54, 1.807) is 0 Å². The van der Waals surface area contributed by atoms with Gasteiger partial charge in [-0.05, 0) is 0 Å². The average molecular weight is 119 g/mol. The van der Waals surface area contributed by atoms with E-state index in [1.165, 1.54) is 0 Å². The van der Waals surface area contributed by atoms with E-state index in [4.69, 9.17) is 0 Å². The maximum Gasteiger partial charge on any atom is 0.341 e. The average Bonchev–Trinajstić information content (AvgIpc) is 1.87. The lowest BCUT2D eigenvalue weighted by Gasteiger charge is -1.52. The van der Waals surface area contributed by atoms with Crippen molar-refractivity contribution < 1.29 is 5.48 Å². The van der Waals surface area contributed by atoms with Crippen LogP contribution in [0.25, 0.3) is 0 Å². The van der Waals surface area contributed by atoms with Crippen LogP contribution in [0.5, 0.6) is 0 Å². The fourth-order valence-electron chi connectivity index (χ4n) is 0.279. The largest absolute Gasteiger partial charge is 0.412 e. The molecule has 0 atom stereocenters. The summed E-state index contributed by atoms with van der Waals surface area (Å²) in [5.74, 6) is 0. The molecule has 1 rings (SSSR count). The highest BCUT2D eigenvalue weighted by Crippen LogP contribution is 1.29. The predicted molar refractivity (Wildman–Crippen MR) is 25.6 cm³/mol. The first kappa shape index (κ1) is 6.70. The summed E-state index contributed by atoms with van der Waals surface area (Å²) in [6.45, 7) is 0. The summed E-state index contributed by atoms with van der Waals surface area (Å²) in [5.41, 5.74) is -1.02. The minimum Gasteiger partial charge on any atom is -0.412 e. The molecule has 6 heteroatoms. The monoisotopic (exact) mass is 119 g/mol. The van der Waals surface area contributed by atoms with Crippen LogP contribution < -0.4 is 11.4 Å². The van der Waals surface area contributed by atoms with Crippen molar-refractivity contribution in [2.75, 3.05) is 0 Å². The number of hydrogen-bond acceptors (Lipinski definition) is 2. The van der Waals surface area contributed by atoms with Crippen LogP contribution in [0.2, 0.25) is 0 Å². The molecule has 1 aromatic heterocycles. The van der Waals surface area contributed by atoms with Gasteiger partial charge in [-0.25, -0.2) is 19.8 Å². The molecule has 0 aliphatic carbocycles. The van der Waals surface area contributed by atoms with Gasteiger partial charge >= 0.3 is 11.4 Å². The Morgan fingerprint density at radius 3 is 1.50 bits per heavy atom. The highest BCUT2D eigenvalue weighted by atomic mass is 16.2. The molecule has 0 amide bonds. The summed E-state index contributed by atoms with van der Waals surface area (Å²) in [7, 11) is 0. The standard InChI is InChI=1S/C2H3N3O2.H2O/c6-1-3-2(7)5-4-1;/h(H3,3,4,5,6,7);1H2. The molecular weight excluding hydrogens is 114 g/mol. The van der Waals surface area contributed by atoms with Gasteiger partial charge in [0.25, 0.3) is 0 Å². The van der Waals surface area contributed by atoms with Crippen molar-refractivity contribution in [2.45, 2.75) is 0 Å². The topological polar surface area (TPSA) is 113 Å². The number of nitrogens with one attached hydrogen (secondary N) is 3. The normalized spacial score (nSPS) is 8.00. The molecule has 1 heterocycles. The van der Waals surface area contributed by atoms with Gasteiger partial charge in [0, 0.05) is 0 Å². The number of H-pyrrole nitrogens is 3. The van der Waals surface area contributed by atoms with Crippen LogP contribution in [0, 0.1) is 0 Å². The van der Waals surface area contributed by atoms with Crippen LogP contribution in [0.1, 0.15) is 0 Å². The van der Waals surface area contributed by atoms with Gasteiger partial charge in [-0.2, -0.15) is 0 Å². The first-order valence-electron chi connectivity index (χ1n) is 1.66. The molecule has 5 N–H and O–H groups in total. The smallest absolute Gasteiger partial charge is 0.341 e. The Morgan fingerprint density at radius 1 is 1.00 bits per heavy atom. The molecule has 46 valence electrons. The van der Waals surface area contributed by atoms with Crippen LogP contribution in [-0.4, -0.2) is 20.7 Å². The molecule has 0 fully saturated rings. The second kappa shape index (κ2) is 2.12. The quantitative estimate of drug-likeness (QED) is 0.352. The van der Waals surface area contributed by atoms with Crippen LogP contribution in [0.3, 0.4) is 0 Å². The fraction of sp³-hybridized carbons (Fsp3) is 0. The Morgan fingerprint density at radius 2 is 1.38 bits per heavy atom. The van der Waals surface area contributed by atoms with E-state index in [0.29, 0.717) is 0 Å². The van der Waals surface area contributed by atoms with Crippen molar-refractivity contribution in [1.82, 2.24) is 15.2 Å². The molecule has 0 radical (unpaired) electrons. The minimum atomic E-state index is -0.509. The summed E-state index contributed by atoms with van der Waals surface area (Å²) >= 11 is 0. The number of rotatable bonds is 0. The van der Waals surface area contributed by atoms with Crippen LogP contribution >= 0.6 is 0 Å². The van der Waals surface area contributed by atoms with Gasteiger partial charge in [0.05, 0.1) is 0 Å². The van der Waals surface area contributed by atoms with Gasteiger partial charge in [-0.1, -0.05) is 0 Å². The lowest BCUT2D eigenvalue weighted by Crippen LogP contribution is -2.07. The molecule has 8 heavy (non-hydrogen) atoms. The molecule has 0 bridgehead atoms. The van der Waals surface area contributed by atoms with Crippen molar-refractivity contribution in [3.8, 4) is 0 Å². The van der Waals surface area contributed by atoms with E-state index in [1.807, 2.05) is 15.2 Å². The van der Waals surface area contributed by atoms with E-state index >= 15 is 0 Å². The Hall–Kier alpha value is -1.30. The Bertz CT molecular complexity index is 217. The number of aromatic nitrogens is 3. The maximum atomic E-state index is 9.95. The summed E-state index contributed by atoms with van der Waals surface area (Å²) < 4.78 is 0. The summed E-state index contributed by atoms with van der Waals surface area (Å²) in [5, 5.41) is 4.04. The van der Waals surface area contributed by atoms with E-state index in [2.05, 4.69) is 0 Å². The fourth-order valence-corrected chi connectivity index (χ4v) is 0.279. The highest BCUT2D eigenvalue weighted by molar-refractivity contribution is 4.52. The van der Waals surface area contributed by atoms with Crippen molar-refractivity contribution in [3.63, 3.8) is 0 Å². The molecule has 1 aromatic rings. The molecule has 0 aliphatic rings. The summed E-state index contributed by atoms with van der Waals surface area (Å²) in [6, 6.07) is 0. The SMILES string of the molecule is O.O=c1[nH][nH]c(=O)[nH]1. The van der Waals surface area contributed by atoms with E-state index < -0.39 is 11.4 Å². The Balaban J connectivity index is 0.000000490. The van der Waals surface area contributed by atoms with Gasteiger partial charge in [0.2, 0.25) is 0 Å². The van der Waals surface area contributed by atoms with Gasteiger partial charge in [-0.15, -0.1) is 0 Å². The number of aromatic amines is 3. The molecule has 0 spiro atoms. The van der Waals surface area contributed by atoms with Crippen LogP contribution in [0.15, 0.2) is 9.59 Å². The highest BCUT2D eigenvalue weighted by Gasteiger charge is 1.79. The first-order chi connectivity index (χ1) is 3.29. The maximum absolute atomic E-state index is 9.95. The van der Waals surface area contributed by atoms with Gasteiger partial charge in [-0.3, -0.25) is 4.98 Å². The lowest BCUT2D eigenvalue weighted by atomic mass is 11.2. The predicted octanol–water partition coefficient (Wildman–Crippen LogP) is -2.43. The van der Waals surface area contributed by atoms with Crippen LogP contribution in [-0.2, 0) is 0 Å². The summed E-state index contributed by atoms with van der Waals surface area (Å²) in [4.78, 5) is 21.8. The third-order valence-corrected chi connectivity index (χ3v) is 0.517. The molecular formula is C2H5N3O3. The Labute approximate surface area is 42.9 Å². The van der Waals surface area contributed by atoms with Crippen molar-refractivity contribution in [1.29, 1.82) is 0 Å². The zero-order valence-electron chi connectivity index (χ0n) is 3.82. The second-order valence-corrected chi connectivity index (χ2v) is 1.03. The van der Waals surface area contributed by atoms with Gasteiger partial charge in [0.15, 0.2) is 0 Å². The summed E-state index contributed by atoms with van der Waals surface area (Å²) in [6.07, 6.45) is 0. The molecule has 6 nitrogen and oxygen atoms in total. The van der Waals surface area contributed by atoms with Crippen molar-refractivity contribution in [3.05, 3.63) is 21.0 Å². The van der Waals surface area contributed by atoms with Crippen LogP contribution in [0.4, 0.5) is 0 Å². The van der Waals surface area contributed by atoms with E-state index in [0.717, 1.165) is 0 Å². The lowest BCUT2D eigenvalue weighted by molar-refractivity contribution is 0.824. The third-order valence-electron chi connectivity index (χ3n) is 0.517. The van der Waals surface area contributed by atoms with Crippen molar-refractivity contribution >= 4 is 0 Å². The first-order valence-corrected chi connectivity index (χ1v) is 1.66. The molecule has 0 aromatic carbocycles. The molecule has 0 aliphatic heterocycles. The second-order valence-electron chi connectivity index (χ2n) is 1.03. The van der Waals surface area contributed by atoms with Gasteiger partial charge in [0.1, 0.15) is 0 Å². The molecule has 0 saturated heterocycles. The molecule has 0 saturated carbocycles. The number of hydrogen-bond donors (Lipinski definition) is 3. The van der Waals surface area contributed by atoms with E-state index in [9.17, 15) is 9.59 Å². The van der Waals surface area contributed by atoms with E-state index in [-0.39, 0.29) is 5.48 Å². The Kier molecular flexibility index (Phi) is 1.78. The minimum absolute atomic E-state index is 0. The van der Waals surface area contributed by atoms with Gasteiger partial charge < -0.3 is 5.48 Å². The van der Waals surface area contributed by atoms with Crippen molar-refractivity contribution in [2.24, 2.45) is 0 Å². The zero-order valence-corrected chi connectivity index (χ0v) is 3.82.